The van der Waals surface area contributed by atoms with Crippen LogP contribution in [0.25, 0.3) is 0 Å². The Bertz CT molecular complexity index is 931. The number of unbranched alkanes of at least 4 members (excludes halogenated alkanes) is 37. The predicted molar refractivity (Wildman–Crippen MR) is 264 cm³/mol. The summed E-state index contributed by atoms with van der Waals surface area (Å²) in [5.74, 6) is -0.512. The zero-order valence-corrected chi connectivity index (χ0v) is 40.4. The van der Waals surface area contributed by atoms with E-state index in [9.17, 15) is 20.1 Å². The fourth-order valence-corrected chi connectivity index (χ4v) is 8.28. The van der Waals surface area contributed by atoms with Crippen LogP contribution in [0.5, 0.6) is 0 Å². The molecule has 4 N–H and O–H groups in total. The summed E-state index contributed by atoms with van der Waals surface area (Å²) in [6.07, 6.45) is 65.0. The van der Waals surface area contributed by atoms with Gasteiger partial charge in [-0.05, 0) is 44.9 Å². The van der Waals surface area contributed by atoms with Crippen molar-refractivity contribution in [1.29, 1.82) is 0 Å². The zero-order chi connectivity index (χ0) is 43.7. The molecule has 0 bridgehead atoms. The number of nitrogens with one attached hydrogen (secondary N) is 1. The van der Waals surface area contributed by atoms with E-state index < -0.39 is 24.2 Å². The van der Waals surface area contributed by atoms with Gasteiger partial charge in [-0.25, -0.2) is 0 Å². The highest BCUT2D eigenvalue weighted by Crippen LogP contribution is 2.17. The lowest BCUT2D eigenvalue weighted by atomic mass is 10.0. The summed E-state index contributed by atoms with van der Waals surface area (Å²) in [5, 5.41) is 33.3. The fourth-order valence-electron chi connectivity index (χ4n) is 8.28. The number of carbonyl (C=O) groups excluding carboxylic acids is 1. The third kappa shape index (κ3) is 44.6. The van der Waals surface area contributed by atoms with Gasteiger partial charge in [0.05, 0.1) is 18.8 Å². The molecule has 5 heteroatoms. The molecule has 0 aromatic heterocycles. The largest absolute Gasteiger partial charge is 0.394 e. The molecule has 0 saturated carbocycles. The first-order valence-corrected chi connectivity index (χ1v) is 26.8. The van der Waals surface area contributed by atoms with Crippen molar-refractivity contribution in [3.8, 4) is 0 Å². The monoisotopic (exact) mass is 844 g/mol. The SMILES string of the molecule is CCCCCCCCCCCC/C=C/CC/C=C/CC/C=C/C(O)C(CO)NC(=O)C(O)CCCCCCCCCCCCCCCCCCCCCCCCCCCC. The molecule has 354 valence electrons. The van der Waals surface area contributed by atoms with Crippen LogP contribution in [0.15, 0.2) is 36.5 Å². The second kappa shape index (κ2) is 50.2. The second-order valence-corrected chi connectivity index (χ2v) is 18.4. The molecule has 0 radical (unpaired) electrons. The van der Waals surface area contributed by atoms with Crippen molar-refractivity contribution in [3.63, 3.8) is 0 Å². The van der Waals surface area contributed by atoms with Gasteiger partial charge in [-0.3, -0.25) is 4.79 Å². The van der Waals surface area contributed by atoms with Gasteiger partial charge < -0.3 is 20.6 Å². The lowest BCUT2D eigenvalue weighted by Crippen LogP contribution is -2.48. The van der Waals surface area contributed by atoms with Gasteiger partial charge in [0.2, 0.25) is 5.91 Å². The van der Waals surface area contributed by atoms with E-state index in [1.54, 1.807) is 6.08 Å². The van der Waals surface area contributed by atoms with Crippen LogP contribution in [0.4, 0.5) is 0 Å². The van der Waals surface area contributed by atoms with Gasteiger partial charge in [0.1, 0.15) is 6.10 Å². The van der Waals surface area contributed by atoms with Crippen LogP contribution in [0, 0.1) is 0 Å². The summed E-state index contributed by atoms with van der Waals surface area (Å²) in [4.78, 5) is 12.5. The minimum Gasteiger partial charge on any atom is -0.394 e. The Hall–Kier alpha value is -1.43. The average Bonchev–Trinajstić information content (AvgIpc) is 3.25. The van der Waals surface area contributed by atoms with E-state index in [0.29, 0.717) is 6.42 Å². The first-order valence-electron chi connectivity index (χ1n) is 26.8. The van der Waals surface area contributed by atoms with Crippen LogP contribution in [0.3, 0.4) is 0 Å². The molecule has 3 atom stereocenters. The topological polar surface area (TPSA) is 89.8 Å². The Balaban J connectivity index is 3.61. The van der Waals surface area contributed by atoms with Gasteiger partial charge in [0.25, 0.3) is 0 Å². The lowest BCUT2D eigenvalue weighted by molar-refractivity contribution is -0.131. The number of hydrogen-bond donors (Lipinski definition) is 4. The maximum Gasteiger partial charge on any atom is 0.249 e. The van der Waals surface area contributed by atoms with Crippen molar-refractivity contribution in [2.24, 2.45) is 0 Å². The van der Waals surface area contributed by atoms with Crippen LogP contribution in [0.2, 0.25) is 0 Å². The van der Waals surface area contributed by atoms with Crippen molar-refractivity contribution < 1.29 is 20.1 Å². The van der Waals surface area contributed by atoms with Gasteiger partial charge in [-0.2, -0.15) is 0 Å². The molecule has 0 saturated heterocycles. The normalized spacial score (nSPS) is 13.6. The van der Waals surface area contributed by atoms with Crippen molar-refractivity contribution in [2.75, 3.05) is 6.61 Å². The third-order valence-electron chi connectivity index (χ3n) is 12.5. The van der Waals surface area contributed by atoms with Crippen molar-refractivity contribution in [2.45, 2.75) is 302 Å². The first-order chi connectivity index (χ1) is 29.6. The van der Waals surface area contributed by atoms with E-state index in [-0.39, 0.29) is 6.61 Å². The quantitative estimate of drug-likeness (QED) is 0.0363. The van der Waals surface area contributed by atoms with Crippen molar-refractivity contribution >= 4 is 5.91 Å². The number of amides is 1. The molecule has 3 unspecified atom stereocenters. The van der Waals surface area contributed by atoms with Crippen molar-refractivity contribution in [1.82, 2.24) is 5.32 Å². The molecule has 0 heterocycles. The van der Waals surface area contributed by atoms with Crippen LogP contribution < -0.4 is 5.32 Å². The Kier molecular flexibility index (Phi) is 49.0. The summed E-state index contributed by atoms with van der Waals surface area (Å²) in [6.45, 7) is 4.19. The fraction of sp³-hybridized carbons (Fsp3) is 0.873. The highest BCUT2D eigenvalue weighted by molar-refractivity contribution is 5.80. The lowest BCUT2D eigenvalue weighted by Gasteiger charge is -2.21. The molecule has 0 aliphatic heterocycles. The summed E-state index contributed by atoms with van der Waals surface area (Å²) in [7, 11) is 0. The Morgan fingerprint density at radius 3 is 1.02 bits per heavy atom. The number of carbonyl (C=O) groups is 1. The Labute approximate surface area is 374 Å². The zero-order valence-electron chi connectivity index (χ0n) is 40.4. The van der Waals surface area contributed by atoms with Gasteiger partial charge >= 0.3 is 0 Å². The summed E-state index contributed by atoms with van der Waals surface area (Å²) >= 11 is 0. The van der Waals surface area contributed by atoms with Crippen LogP contribution in [0.1, 0.15) is 284 Å². The molecule has 0 aromatic rings. The van der Waals surface area contributed by atoms with Crippen molar-refractivity contribution in [3.05, 3.63) is 36.5 Å². The van der Waals surface area contributed by atoms with Crippen LogP contribution >= 0.6 is 0 Å². The number of rotatable bonds is 49. The van der Waals surface area contributed by atoms with Gasteiger partial charge in [-0.15, -0.1) is 0 Å². The summed E-state index contributed by atoms with van der Waals surface area (Å²) in [5.41, 5.74) is 0. The Morgan fingerprint density at radius 2 is 0.683 bits per heavy atom. The molecule has 1 amide bonds. The molecule has 0 aliphatic rings. The van der Waals surface area contributed by atoms with Gasteiger partial charge in [-0.1, -0.05) is 275 Å². The van der Waals surface area contributed by atoms with E-state index in [1.165, 1.54) is 218 Å². The van der Waals surface area contributed by atoms with E-state index in [2.05, 4.69) is 43.5 Å². The molecule has 60 heavy (non-hydrogen) atoms. The minimum absolute atomic E-state index is 0.379. The predicted octanol–water partition coefficient (Wildman–Crippen LogP) is 16.3. The highest BCUT2D eigenvalue weighted by atomic mass is 16.3. The van der Waals surface area contributed by atoms with E-state index in [4.69, 9.17) is 0 Å². The highest BCUT2D eigenvalue weighted by Gasteiger charge is 2.22. The molecular weight excluding hydrogens is 739 g/mol. The smallest absolute Gasteiger partial charge is 0.249 e. The maximum absolute atomic E-state index is 12.5. The second-order valence-electron chi connectivity index (χ2n) is 18.4. The van der Waals surface area contributed by atoms with Crippen LogP contribution in [-0.4, -0.2) is 46.1 Å². The van der Waals surface area contributed by atoms with E-state index in [1.807, 2.05) is 6.08 Å². The molecule has 0 spiro atoms. The van der Waals surface area contributed by atoms with E-state index in [0.717, 1.165) is 44.9 Å². The molecule has 5 nitrogen and oxygen atoms in total. The van der Waals surface area contributed by atoms with Crippen LogP contribution in [-0.2, 0) is 4.79 Å². The number of hydrogen-bond acceptors (Lipinski definition) is 4. The Morgan fingerprint density at radius 1 is 0.400 bits per heavy atom. The molecule has 0 fully saturated rings. The molecule has 0 aliphatic carbocycles. The number of allylic oxidation sites excluding steroid dienone is 5. The maximum atomic E-state index is 12.5. The minimum atomic E-state index is -1.11. The number of aliphatic hydroxyl groups excluding tert-OH is 3. The first kappa shape index (κ1) is 58.6. The van der Waals surface area contributed by atoms with E-state index >= 15 is 0 Å². The average molecular weight is 844 g/mol. The summed E-state index contributed by atoms with van der Waals surface area (Å²) in [6, 6.07) is -0.819. The standard InChI is InChI=1S/C55H105NO4/c1-3-5-7-9-11-13-15-17-19-21-23-25-26-27-28-29-30-32-34-36-38-40-42-44-46-48-50-54(59)55(60)56-52(51-57)53(58)49-47-45-43-41-39-37-35-33-31-24-22-20-18-16-14-12-10-8-6-4-2/h31,33,39,41,47,49,52-54,57-59H,3-30,32,34-38,40,42-46,48,50-51H2,1-2H3,(H,56,60)/b33-31+,41-39+,49-47+. The van der Waals surface area contributed by atoms with Gasteiger partial charge in [0.15, 0.2) is 0 Å². The molecule has 0 aromatic carbocycles. The molecule has 0 rings (SSSR count). The third-order valence-corrected chi connectivity index (χ3v) is 12.5. The van der Waals surface area contributed by atoms with Gasteiger partial charge in [0, 0.05) is 0 Å². The molecular formula is C55H105NO4. The number of aliphatic hydroxyl groups is 3. The summed E-state index contributed by atoms with van der Waals surface area (Å²) < 4.78 is 0.